The van der Waals surface area contributed by atoms with Crippen LogP contribution in [0.4, 0.5) is 22.7 Å². The molecule has 0 amide bonds. The average Bonchev–Trinajstić information content (AvgIpc) is 3.37. The fourth-order valence-corrected chi connectivity index (χ4v) is 4.06. The van der Waals surface area contributed by atoms with E-state index in [1.807, 2.05) is 35.7 Å². The van der Waals surface area contributed by atoms with Gasteiger partial charge in [0.1, 0.15) is 5.84 Å². The number of para-hydroxylation sites is 1. The molecule has 1 aromatic heterocycles. The molecule has 4 N–H and O–H groups in total. The van der Waals surface area contributed by atoms with Crippen LogP contribution >= 0.6 is 11.3 Å². The monoisotopic (exact) mass is 440 g/mol. The van der Waals surface area contributed by atoms with Crippen molar-refractivity contribution in [3.8, 4) is 0 Å². The maximum atomic E-state index is 8.12. The van der Waals surface area contributed by atoms with Gasteiger partial charge >= 0.3 is 0 Å². The Bertz CT molecular complexity index is 1090. The van der Waals surface area contributed by atoms with Gasteiger partial charge in [0.25, 0.3) is 0 Å². The molecule has 0 bridgehead atoms. The van der Waals surface area contributed by atoms with Crippen molar-refractivity contribution in [3.05, 3.63) is 107 Å². The largest absolute Gasteiger partial charge is 0.385 e. The third kappa shape index (κ3) is 6.46. The van der Waals surface area contributed by atoms with Gasteiger partial charge in [-0.25, -0.2) is 0 Å². The van der Waals surface area contributed by atoms with Crippen LogP contribution in [0.25, 0.3) is 0 Å². The zero-order valence-electron chi connectivity index (χ0n) is 18.0. The van der Waals surface area contributed by atoms with Gasteiger partial charge < -0.3 is 16.0 Å². The highest BCUT2D eigenvalue weighted by atomic mass is 32.1. The lowest BCUT2D eigenvalue weighted by Gasteiger charge is -2.10. The van der Waals surface area contributed by atoms with Gasteiger partial charge in [0.05, 0.1) is 4.88 Å². The summed E-state index contributed by atoms with van der Waals surface area (Å²) in [6.45, 7) is 0.961. The van der Waals surface area contributed by atoms with Gasteiger partial charge in [0.2, 0.25) is 0 Å². The Hall–Kier alpha value is -3.57. The van der Waals surface area contributed by atoms with E-state index in [9.17, 15) is 0 Å². The molecule has 32 heavy (non-hydrogen) atoms. The molecule has 0 radical (unpaired) electrons. The highest BCUT2D eigenvalue weighted by Crippen LogP contribution is 2.19. The number of aryl methyl sites for hydroxylation is 1. The Morgan fingerprint density at radius 1 is 0.688 bits per heavy atom. The number of benzene rings is 3. The minimum atomic E-state index is 0.447. The summed E-state index contributed by atoms with van der Waals surface area (Å²) < 4.78 is 0. The molecule has 4 nitrogen and oxygen atoms in total. The van der Waals surface area contributed by atoms with E-state index >= 15 is 0 Å². The first-order valence-corrected chi connectivity index (χ1v) is 11.8. The van der Waals surface area contributed by atoms with Crippen LogP contribution in [0.1, 0.15) is 23.3 Å². The van der Waals surface area contributed by atoms with Crippen molar-refractivity contribution >= 4 is 39.9 Å². The van der Waals surface area contributed by atoms with Crippen molar-refractivity contribution in [3.63, 3.8) is 0 Å². The minimum Gasteiger partial charge on any atom is -0.385 e. The zero-order valence-corrected chi connectivity index (χ0v) is 18.8. The third-order valence-electron chi connectivity index (χ3n) is 5.16. The summed E-state index contributed by atoms with van der Waals surface area (Å²) >= 11 is 1.57. The minimum absolute atomic E-state index is 0.447. The summed E-state index contributed by atoms with van der Waals surface area (Å²) in [6.07, 6.45) is 3.32. The second kappa shape index (κ2) is 11.2. The van der Waals surface area contributed by atoms with Gasteiger partial charge in [-0.05, 0) is 84.8 Å². The first kappa shape index (κ1) is 21.7. The Morgan fingerprint density at radius 3 is 2.09 bits per heavy atom. The molecule has 3 aromatic carbocycles. The fourth-order valence-electron chi connectivity index (χ4n) is 3.43. The molecule has 4 aromatic rings. The summed E-state index contributed by atoms with van der Waals surface area (Å²) in [5.41, 5.74) is 5.61. The van der Waals surface area contributed by atoms with Gasteiger partial charge in [0.15, 0.2) is 0 Å². The van der Waals surface area contributed by atoms with E-state index in [1.54, 1.807) is 11.3 Å². The fraction of sp³-hybridized carbons (Fsp3) is 0.148. The van der Waals surface area contributed by atoms with Crippen LogP contribution in [-0.4, -0.2) is 12.4 Å². The normalized spacial score (nSPS) is 10.5. The highest BCUT2D eigenvalue weighted by molar-refractivity contribution is 7.12. The van der Waals surface area contributed by atoms with E-state index in [2.05, 4.69) is 76.6 Å². The number of hydrogen-bond acceptors (Lipinski definition) is 4. The summed E-state index contributed by atoms with van der Waals surface area (Å²) in [6, 6.07) is 31.0. The van der Waals surface area contributed by atoms with Crippen molar-refractivity contribution in [1.82, 2.24) is 0 Å². The van der Waals surface area contributed by atoms with Crippen LogP contribution in [-0.2, 0) is 6.42 Å². The van der Waals surface area contributed by atoms with E-state index in [1.165, 1.54) is 5.56 Å². The lowest BCUT2D eigenvalue weighted by atomic mass is 10.1. The molecule has 0 saturated carbocycles. The topological polar surface area (TPSA) is 59.9 Å². The second-order valence-corrected chi connectivity index (χ2v) is 8.57. The summed E-state index contributed by atoms with van der Waals surface area (Å²) in [5.74, 6) is 0.447. The molecule has 0 saturated heterocycles. The highest BCUT2D eigenvalue weighted by Gasteiger charge is 2.03. The number of unbranched alkanes of at least 4 members (excludes halogenated alkanes) is 1. The van der Waals surface area contributed by atoms with Crippen LogP contribution in [0.15, 0.2) is 96.4 Å². The molecule has 0 fully saturated rings. The summed E-state index contributed by atoms with van der Waals surface area (Å²) in [4.78, 5) is 0.948. The van der Waals surface area contributed by atoms with Crippen LogP contribution in [0.3, 0.4) is 0 Å². The number of thiophene rings is 1. The number of anilines is 4. The quantitative estimate of drug-likeness (QED) is 0.118. The number of rotatable bonds is 10. The van der Waals surface area contributed by atoms with Crippen molar-refractivity contribution < 1.29 is 0 Å². The molecule has 0 atom stereocenters. The van der Waals surface area contributed by atoms with E-state index in [0.717, 1.165) is 53.4 Å². The van der Waals surface area contributed by atoms with E-state index in [0.29, 0.717) is 5.84 Å². The van der Waals surface area contributed by atoms with Gasteiger partial charge in [-0.2, -0.15) is 0 Å². The predicted molar refractivity (Wildman–Crippen MR) is 139 cm³/mol. The van der Waals surface area contributed by atoms with Crippen molar-refractivity contribution in [1.29, 1.82) is 5.41 Å². The maximum Gasteiger partial charge on any atom is 0.140 e. The third-order valence-corrected chi connectivity index (χ3v) is 6.05. The van der Waals surface area contributed by atoms with Crippen molar-refractivity contribution in [2.45, 2.75) is 19.3 Å². The Morgan fingerprint density at radius 2 is 1.38 bits per heavy atom. The standard InChI is InChI=1S/C27H28N4S/c28-27(26-10-6-20-32-26)31-25-13-11-21(12-14-25)7-4-5-19-29-22-15-17-24(18-16-22)30-23-8-2-1-3-9-23/h1-3,6,8-18,20,29-30H,4-5,7,19H2,(H2,28,31). The van der Waals surface area contributed by atoms with E-state index in [4.69, 9.17) is 5.41 Å². The maximum absolute atomic E-state index is 8.12. The number of hydrogen-bond donors (Lipinski definition) is 4. The average molecular weight is 441 g/mol. The van der Waals surface area contributed by atoms with Crippen LogP contribution in [0, 0.1) is 5.41 Å². The van der Waals surface area contributed by atoms with Crippen molar-refractivity contribution in [2.24, 2.45) is 0 Å². The summed E-state index contributed by atoms with van der Waals surface area (Å²) in [5, 5.41) is 20.2. The van der Waals surface area contributed by atoms with E-state index in [-0.39, 0.29) is 0 Å². The van der Waals surface area contributed by atoms with Gasteiger partial charge in [0, 0.05) is 29.3 Å². The smallest absolute Gasteiger partial charge is 0.140 e. The first-order valence-electron chi connectivity index (χ1n) is 10.9. The molecule has 1 heterocycles. The van der Waals surface area contributed by atoms with Crippen LogP contribution in [0.5, 0.6) is 0 Å². The van der Waals surface area contributed by atoms with E-state index < -0.39 is 0 Å². The van der Waals surface area contributed by atoms with Gasteiger partial charge in [-0.15, -0.1) is 11.3 Å². The van der Waals surface area contributed by atoms with Gasteiger partial charge in [-0.1, -0.05) is 36.4 Å². The molecule has 162 valence electrons. The Balaban J connectivity index is 1.14. The molecular weight excluding hydrogens is 412 g/mol. The number of nitrogens with one attached hydrogen (secondary N) is 4. The molecule has 5 heteroatoms. The molecule has 0 spiro atoms. The first-order chi connectivity index (χ1) is 15.8. The lowest BCUT2D eigenvalue weighted by molar-refractivity contribution is 0.763. The molecule has 0 aliphatic carbocycles. The summed E-state index contributed by atoms with van der Waals surface area (Å²) in [7, 11) is 0. The van der Waals surface area contributed by atoms with Crippen LogP contribution < -0.4 is 16.0 Å². The van der Waals surface area contributed by atoms with Crippen LogP contribution in [0.2, 0.25) is 0 Å². The molecule has 0 unspecified atom stereocenters. The Labute approximate surface area is 193 Å². The molecule has 0 aliphatic heterocycles. The Kier molecular flexibility index (Phi) is 7.55. The van der Waals surface area contributed by atoms with Gasteiger partial charge in [-0.3, -0.25) is 5.41 Å². The SMILES string of the molecule is N=C(Nc1ccc(CCCCNc2ccc(Nc3ccccc3)cc2)cc1)c1cccs1. The molecule has 0 aliphatic rings. The van der Waals surface area contributed by atoms with Crippen molar-refractivity contribution in [2.75, 3.05) is 22.5 Å². The second-order valence-electron chi connectivity index (χ2n) is 7.63. The lowest BCUT2D eigenvalue weighted by Crippen LogP contribution is -2.10. The number of amidine groups is 1. The molecular formula is C27H28N4S. The molecule has 4 rings (SSSR count). The zero-order chi connectivity index (χ0) is 22.0. The predicted octanol–water partition coefficient (Wildman–Crippen LogP) is 7.36.